The van der Waals surface area contributed by atoms with E-state index in [9.17, 15) is 5.11 Å². The van der Waals surface area contributed by atoms with Crippen LogP contribution in [0.1, 0.15) is 47.0 Å². The highest BCUT2D eigenvalue weighted by molar-refractivity contribution is 4.75. The predicted octanol–water partition coefficient (Wildman–Crippen LogP) is 2.16. The molecule has 0 rings (SSSR count). The lowest BCUT2D eigenvalue weighted by molar-refractivity contribution is 0.0652. The number of hydrogen-bond acceptors (Lipinski definition) is 2. The average Bonchev–Trinajstić information content (AvgIpc) is 1.96. The van der Waals surface area contributed by atoms with Crippen LogP contribution in [0.2, 0.25) is 0 Å². The summed E-state index contributed by atoms with van der Waals surface area (Å²) < 4.78 is 0. The summed E-state index contributed by atoms with van der Waals surface area (Å²) in [5, 5.41) is 9.90. The van der Waals surface area contributed by atoms with E-state index in [1.165, 1.54) is 0 Å². The Kier molecular flexibility index (Phi) is 5.57. The van der Waals surface area contributed by atoms with Gasteiger partial charge in [0.1, 0.15) is 0 Å². The fraction of sp³-hybridized carbons (Fsp3) is 1.00. The summed E-state index contributed by atoms with van der Waals surface area (Å²) >= 11 is 0. The lowest BCUT2D eigenvalue weighted by Gasteiger charge is -2.27. The van der Waals surface area contributed by atoms with Gasteiger partial charge in [0.15, 0.2) is 0 Å². The zero-order valence-corrected chi connectivity index (χ0v) is 9.51. The molecule has 2 heteroatoms. The van der Waals surface area contributed by atoms with Crippen LogP contribution in [-0.4, -0.2) is 17.8 Å². The molecule has 0 aromatic carbocycles. The van der Waals surface area contributed by atoms with E-state index in [1.807, 2.05) is 0 Å². The Labute approximate surface area is 82.5 Å². The molecule has 0 amide bonds. The van der Waals surface area contributed by atoms with Crippen LogP contribution in [0.25, 0.3) is 0 Å². The molecule has 0 radical (unpaired) electrons. The first-order valence-corrected chi connectivity index (χ1v) is 5.29. The van der Waals surface area contributed by atoms with Gasteiger partial charge in [0, 0.05) is 0 Å². The van der Waals surface area contributed by atoms with Gasteiger partial charge in [0.05, 0.1) is 6.10 Å². The van der Waals surface area contributed by atoms with Crippen LogP contribution in [0.15, 0.2) is 0 Å². The molecule has 2 nitrogen and oxygen atoms in total. The Morgan fingerprint density at radius 3 is 2.15 bits per heavy atom. The Morgan fingerprint density at radius 2 is 1.85 bits per heavy atom. The van der Waals surface area contributed by atoms with E-state index >= 15 is 0 Å². The standard InChI is InChI=1S/C11H25NO/c1-5-6-9(8-12)10(13)7-11(2,3)4/h9-10,13H,5-8,12H2,1-4H3. The fourth-order valence-electron chi connectivity index (χ4n) is 1.63. The highest BCUT2D eigenvalue weighted by Gasteiger charge is 2.22. The van der Waals surface area contributed by atoms with Gasteiger partial charge < -0.3 is 10.8 Å². The molecule has 0 heterocycles. The number of aliphatic hydroxyl groups excluding tert-OH is 1. The van der Waals surface area contributed by atoms with Crippen LogP contribution in [0.3, 0.4) is 0 Å². The van der Waals surface area contributed by atoms with Crippen molar-refractivity contribution < 1.29 is 5.11 Å². The van der Waals surface area contributed by atoms with Crippen molar-refractivity contribution in [3.05, 3.63) is 0 Å². The molecule has 2 unspecified atom stereocenters. The number of hydrogen-bond donors (Lipinski definition) is 2. The Hall–Kier alpha value is -0.0800. The van der Waals surface area contributed by atoms with Gasteiger partial charge in [-0.05, 0) is 30.7 Å². The molecule has 0 saturated carbocycles. The molecule has 0 aliphatic heterocycles. The van der Waals surface area contributed by atoms with Gasteiger partial charge in [-0.3, -0.25) is 0 Å². The van der Waals surface area contributed by atoms with Crippen LogP contribution >= 0.6 is 0 Å². The van der Waals surface area contributed by atoms with Gasteiger partial charge in [-0.2, -0.15) is 0 Å². The molecule has 0 aromatic rings. The van der Waals surface area contributed by atoms with Crippen molar-refractivity contribution >= 4 is 0 Å². The second-order valence-electron chi connectivity index (χ2n) is 5.12. The topological polar surface area (TPSA) is 46.2 Å². The lowest BCUT2D eigenvalue weighted by Crippen LogP contribution is -2.31. The van der Waals surface area contributed by atoms with E-state index < -0.39 is 0 Å². The molecule has 0 aromatic heterocycles. The van der Waals surface area contributed by atoms with Crippen LogP contribution in [0.4, 0.5) is 0 Å². The highest BCUT2D eigenvalue weighted by Crippen LogP contribution is 2.25. The summed E-state index contributed by atoms with van der Waals surface area (Å²) in [6.45, 7) is 9.18. The first-order valence-electron chi connectivity index (χ1n) is 5.29. The molecule has 3 N–H and O–H groups in total. The summed E-state index contributed by atoms with van der Waals surface area (Å²) in [7, 11) is 0. The number of aliphatic hydroxyl groups is 1. The van der Waals surface area contributed by atoms with Crippen molar-refractivity contribution in [1.82, 2.24) is 0 Å². The molecule has 0 spiro atoms. The van der Waals surface area contributed by atoms with Crippen LogP contribution < -0.4 is 5.73 Å². The minimum absolute atomic E-state index is 0.195. The highest BCUT2D eigenvalue weighted by atomic mass is 16.3. The summed E-state index contributed by atoms with van der Waals surface area (Å²) in [6.07, 6.45) is 2.75. The fourth-order valence-corrected chi connectivity index (χ4v) is 1.63. The first kappa shape index (κ1) is 12.9. The third-order valence-electron chi connectivity index (χ3n) is 2.33. The summed E-state index contributed by atoms with van der Waals surface area (Å²) in [5.74, 6) is 0.282. The maximum absolute atomic E-state index is 9.90. The average molecular weight is 187 g/mol. The quantitative estimate of drug-likeness (QED) is 0.693. The lowest BCUT2D eigenvalue weighted by atomic mass is 9.83. The summed E-state index contributed by atoms with van der Waals surface area (Å²) in [5.41, 5.74) is 5.81. The molecule has 0 fully saturated rings. The van der Waals surface area contributed by atoms with E-state index in [-0.39, 0.29) is 17.4 Å². The molecular formula is C11H25NO. The van der Waals surface area contributed by atoms with E-state index in [4.69, 9.17) is 5.73 Å². The smallest absolute Gasteiger partial charge is 0.0585 e. The van der Waals surface area contributed by atoms with Gasteiger partial charge in [-0.1, -0.05) is 34.1 Å². The van der Waals surface area contributed by atoms with Crippen molar-refractivity contribution in [2.75, 3.05) is 6.54 Å². The minimum atomic E-state index is -0.232. The third-order valence-corrected chi connectivity index (χ3v) is 2.33. The SMILES string of the molecule is CCCC(CN)C(O)CC(C)(C)C. The normalized spacial score (nSPS) is 17.1. The van der Waals surface area contributed by atoms with Crippen LogP contribution in [-0.2, 0) is 0 Å². The summed E-state index contributed by atoms with van der Waals surface area (Å²) in [4.78, 5) is 0. The zero-order valence-electron chi connectivity index (χ0n) is 9.51. The molecular weight excluding hydrogens is 162 g/mol. The van der Waals surface area contributed by atoms with Gasteiger partial charge in [0.2, 0.25) is 0 Å². The van der Waals surface area contributed by atoms with Gasteiger partial charge in [0.25, 0.3) is 0 Å². The second-order valence-corrected chi connectivity index (χ2v) is 5.12. The monoisotopic (exact) mass is 187 g/mol. The molecule has 0 aliphatic carbocycles. The van der Waals surface area contributed by atoms with E-state index in [1.54, 1.807) is 0 Å². The Morgan fingerprint density at radius 1 is 1.31 bits per heavy atom. The van der Waals surface area contributed by atoms with E-state index in [2.05, 4.69) is 27.7 Å². The van der Waals surface area contributed by atoms with Crippen LogP contribution in [0.5, 0.6) is 0 Å². The first-order chi connectivity index (χ1) is 5.90. The molecule has 2 atom stereocenters. The minimum Gasteiger partial charge on any atom is -0.393 e. The molecule has 80 valence electrons. The largest absolute Gasteiger partial charge is 0.393 e. The van der Waals surface area contributed by atoms with Crippen molar-refractivity contribution in [2.45, 2.75) is 53.1 Å². The van der Waals surface area contributed by atoms with Crippen molar-refractivity contribution in [3.8, 4) is 0 Å². The Bertz CT molecular complexity index is 129. The maximum Gasteiger partial charge on any atom is 0.0585 e. The molecule has 13 heavy (non-hydrogen) atoms. The molecule has 0 saturated heterocycles. The third kappa shape index (κ3) is 6.05. The molecule has 0 bridgehead atoms. The number of nitrogens with two attached hydrogens (primary N) is 1. The van der Waals surface area contributed by atoms with Crippen molar-refractivity contribution in [3.63, 3.8) is 0 Å². The van der Waals surface area contributed by atoms with E-state index in [0.717, 1.165) is 19.3 Å². The maximum atomic E-state index is 9.90. The number of rotatable bonds is 5. The van der Waals surface area contributed by atoms with Gasteiger partial charge in [-0.15, -0.1) is 0 Å². The van der Waals surface area contributed by atoms with E-state index in [0.29, 0.717) is 6.54 Å². The summed E-state index contributed by atoms with van der Waals surface area (Å²) in [6, 6.07) is 0. The Balaban J connectivity index is 3.97. The van der Waals surface area contributed by atoms with Crippen molar-refractivity contribution in [1.29, 1.82) is 0 Å². The van der Waals surface area contributed by atoms with Crippen LogP contribution in [0, 0.1) is 11.3 Å². The van der Waals surface area contributed by atoms with Crippen molar-refractivity contribution in [2.24, 2.45) is 17.1 Å². The van der Waals surface area contributed by atoms with Gasteiger partial charge in [-0.25, -0.2) is 0 Å². The zero-order chi connectivity index (χ0) is 10.5. The predicted molar refractivity (Wildman–Crippen MR) is 57.5 cm³/mol. The van der Waals surface area contributed by atoms with Gasteiger partial charge >= 0.3 is 0 Å². The molecule has 0 aliphatic rings. The second kappa shape index (κ2) is 5.61.